The van der Waals surface area contributed by atoms with Gasteiger partial charge in [-0.3, -0.25) is 4.90 Å². The van der Waals surface area contributed by atoms with Gasteiger partial charge in [0.2, 0.25) is 0 Å². The van der Waals surface area contributed by atoms with Crippen LogP contribution in [0.25, 0.3) is 0 Å². The maximum absolute atomic E-state index is 5.60. The largest absolute Gasteiger partial charge is 0.329 e. The summed E-state index contributed by atoms with van der Waals surface area (Å²) in [5.41, 5.74) is 5.60. The molecule has 3 heteroatoms. The molecular weight excluding hydrogens is 186 g/mol. The molecule has 0 bridgehead atoms. The van der Waals surface area contributed by atoms with Crippen molar-refractivity contribution < 1.29 is 0 Å². The Hall–Kier alpha value is -0.120. The molecule has 2 aliphatic rings. The molecule has 2 N–H and O–H groups in total. The minimum Gasteiger partial charge on any atom is -0.329 e. The van der Waals surface area contributed by atoms with Crippen LogP contribution in [0.4, 0.5) is 0 Å². The van der Waals surface area contributed by atoms with Gasteiger partial charge in [0.25, 0.3) is 0 Å². The molecule has 2 fully saturated rings. The van der Waals surface area contributed by atoms with Crippen LogP contribution in [0.3, 0.4) is 0 Å². The maximum Gasteiger partial charge on any atom is 0.0238 e. The first-order chi connectivity index (χ1) is 7.31. The van der Waals surface area contributed by atoms with Crippen molar-refractivity contribution in [3.63, 3.8) is 0 Å². The number of piperidine rings is 1. The molecule has 15 heavy (non-hydrogen) atoms. The second kappa shape index (κ2) is 5.28. The predicted octanol–water partition coefficient (Wildman–Crippen LogP) is 0.894. The molecule has 2 rings (SSSR count). The second-order valence-electron chi connectivity index (χ2n) is 5.11. The van der Waals surface area contributed by atoms with Gasteiger partial charge in [0.15, 0.2) is 0 Å². The van der Waals surface area contributed by atoms with E-state index >= 15 is 0 Å². The van der Waals surface area contributed by atoms with Crippen LogP contribution in [-0.4, -0.2) is 54.6 Å². The zero-order valence-electron chi connectivity index (χ0n) is 9.99. The molecule has 0 aromatic rings. The molecule has 0 aliphatic carbocycles. The van der Waals surface area contributed by atoms with Crippen LogP contribution in [0.1, 0.15) is 32.6 Å². The van der Waals surface area contributed by atoms with E-state index in [1.54, 1.807) is 0 Å². The topological polar surface area (TPSA) is 32.5 Å². The summed E-state index contributed by atoms with van der Waals surface area (Å²) in [7, 11) is 0. The van der Waals surface area contributed by atoms with Crippen molar-refractivity contribution in [3.05, 3.63) is 0 Å². The molecule has 2 heterocycles. The highest BCUT2D eigenvalue weighted by Crippen LogP contribution is 2.24. The highest BCUT2D eigenvalue weighted by molar-refractivity contribution is 4.87. The Bertz CT molecular complexity index is 195. The Morgan fingerprint density at radius 3 is 2.80 bits per heavy atom. The lowest BCUT2D eigenvalue weighted by atomic mass is 10.0. The smallest absolute Gasteiger partial charge is 0.0238 e. The SMILES string of the molecule is CC1CCCCN1C1CCN(CCN)C1. The second-order valence-corrected chi connectivity index (χ2v) is 5.11. The Morgan fingerprint density at radius 1 is 1.20 bits per heavy atom. The summed E-state index contributed by atoms with van der Waals surface area (Å²) in [6.07, 6.45) is 5.58. The lowest BCUT2D eigenvalue weighted by Crippen LogP contribution is -2.46. The first-order valence-corrected chi connectivity index (χ1v) is 6.49. The van der Waals surface area contributed by atoms with Crippen LogP contribution in [-0.2, 0) is 0 Å². The summed E-state index contributed by atoms with van der Waals surface area (Å²) in [5, 5.41) is 0. The Morgan fingerprint density at radius 2 is 2.07 bits per heavy atom. The number of hydrogen-bond acceptors (Lipinski definition) is 3. The zero-order chi connectivity index (χ0) is 10.7. The van der Waals surface area contributed by atoms with Crippen LogP contribution in [0.2, 0.25) is 0 Å². The molecule has 0 saturated carbocycles. The van der Waals surface area contributed by atoms with Gasteiger partial charge in [-0.25, -0.2) is 0 Å². The molecule has 0 aromatic heterocycles. The minimum absolute atomic E-state index is 0.807. The third-order valence-corrected chi connectivity index (χ3v) is 4.02. The minimum atomic E-state index is 0.807. The van der Waals surface area contributed by atoms with Gasteiger partial charge in [-0.15, -0.1) is 0 Å². The molecule has 2 aliphatic heterocycles. The van der Waals surface area contributed by atoms with E-state index < -0.39 is 0 Å². The van der Waals surface area contributed by atoms with Crippen molar-refractivity contribution in [1.29, 1.82) is 0 Å². The van der Waals surface area contributed by atoms with Gasteiger partial charge >= 0.3 is 0 Å². The van der Waals surface area contributed by atoms with Crippen molar-refractivity contribution in [3.8, 4) is 0 Å². The first-order valence-electron chi connectivity index (χ1n) is 6.49. The van der Waals surface area contributed by atoms with E-state index in [-0.39, 0.29) is 0 Å². The molecule has 88 valence electrons. The number of rotatable bonds is 3. The fraction of sp³-hybridized carbons (Fsp3) is 1.00. The van der Waals surface area contributed by atoms with Gasteiger partial charge in [-0.1, -0.05) is 6.42 Å². The van der Waals surface area contributed by atoms with Crippen molar-refractivity contribution in [1.82, 2.24) is 9.80 Å². The summed E-state index contributed by atoms with van der Waals surface area (Å²) >= 11 is 0. The standard InChI is InChI=1S/C12H25N3/c1-11-4-2-3-7-15(11)12-5-8-14(10-12)9-6-13/h11-12H,2-10,13H2,1H3. The lowest BCUT2D eigenvalue weighted by Gasteiger charge is -2.38. The number of likely N-dealkylation sites (tertiary alicyclic amines) is 2. The van der Waals surface area contributed by atoms with Crippen LogP contribution in [0, 0.1) is 0 Å². The number of nitrogens with two attached hydrogens (primary N) is 1. The van der Waals surface area contributed by atoms with E-state index in [1.807, 2.05) is 0 Å². The fourth-order valence-electron chi connectivity index (χ4n) is 3.13. The van der Waals surface area contributed by atoms with E-state index in [2.05, 4.69) is 16.7 Å². The predicted molar refractivity (Wildman–Crippen MR) is 63.9 cm³/mol. The van der Waals surface area contributed by atoms with E-state index in [0.717, 1.165) is 25.2 Å². The average Bonchev–Trinajstić information content (AvgIpc) is 2.68. The molecule has 0 amide bonds. The molecular formula is C12H25N3. The third-order valence-electron chi connectivity index (χ3n) is 4.02. The highest BCUT2D eigenvalue weighted by atomic mass is 15.3. The maximum atomic E-state index is 5.60. The molecule has 2 atom stereocenters. The first kappa shape index (κ1) is 11.4. The average molecular weight is 211 g/mol. The fourth-order valence-corrected chi connectivity index (χ4v) is 3.13. The van der Waals surface area contributed by atoms with E-state index in [9.17, 15) is 0 Å². The van der Waals surface area contributed by atoms with Crippen molar-refractivity contribution >= 4 is 0 Å². The molecule has 0 aromatic carbocycles. The number of nitrogens with zero attached hydrogens (tertiary/aromatic N) is 2. The molecule has 0 spiro atoms. The van der Waals surface area contributed by atoms with Crippen LogP contribution in [0.15, 0.2) is 0 Å². The molecule has 3 nitrogen and oxygen atoms in total. The summed E-state index contributed by atoms with van der Waals surface area (Å²) in [4.78, 5) is 5.26. The normalized spacial score (nSPS) is 34.8. The van der Waals surface area contributed by atoms with Crippen molar-refractivity contribution in [2.75, 3.05) is 32.7 Å². The van der Waals surface area contributed by atoms with Gasteiger partial charge in [0.05, 0.1) is 0 Å². The van der Waals surface area contributed by atoms with Gasteiger partial charge in [0, 0.05) is 31.7 Å². The van der Waals surface area contributed by atoms with E-state index in [4.69, 9.17) is 5.73 Å². The van der Waals surface area contributed by atoms with Gasteiger partial charge < -0.3 is 10.6 Å². The van der Waals surface area contributed by atoms with E-state index in [0.29, 0.717) is 0 Å². The quantitative estimate of drug-likeness (QED) is 0.752. The van der Waals surface area contributed by atoms with Crippen molar-refractivity contribution in [2.24, 2.45) is 5.73 Å². The summed E-state index contributed by atoms with van der Waals surface area (Å²) in [6, 6.07) is 1.62. The Kier molecular flexibility index (Phi) is 4.00. The zero-order valence-corrected chi connectivity index (χ0v) is 9.99. The van der Waals surface area contributed by atoms with E-state index in [1.165, 1.54) is 45.3 Å². The Labute approximate surface area is 93.6 Å². The molecule has 2 saturated heterocycles. The lowest BCUT2D eigenvalue weighted by molar-refractivity contribution is 0.107. The third kappa shape index (κ3) is 2.71. The van der Waals surface area contributed by atoms with Crippen molar-refractivity contribution in [2.45, 2.75) is 44.7 Å². The van der Waals surface area contributed by atoms with Crippen LogP contribution >= 0.6 is 0 Å². The summed E-state index contributed by atoms with van der Waals surface area (Å²) in [5.74, 6) is 0. The number of hydrogen-bond donors (Lipinski definition) is 1. The summed E-state index contributed by atoms with van der Waals surface area (Å²) in [6.45, 7) is 8.11. The van der Waals surface area contributed by atoms with Crippen LogP contribution in [0.5, 0.6) is 0 Å². The van der Waals surface area contributed by atoms with Crippen LogP contribution < -0.4 is 5.73 Å². The molecule has 0 radical (unpaired) electrons. The highest BCUT2D eigenvalue weighted by Gasteiger charge is 2.30. The summed E-state index contributed by atoms with van der Waals surface area (Å²) < 4.78 is 0. The van der Waals surface area contributed by atoms with Gasteiger partial charge in [0.1, 0.15) is 0 Å². The molecule has 2 unspecified atom stereocenters. The monoisotopic (exact) mass is 211 g/mol. The Balaban J connectivity index is 1.83. The van der Waals surface area contributed by atoms with Gasteiger partial charge in [-0.05, 0) is 39.3 Å². The van der Waals surface area contributed by atoms with Gasteiger partial charge in [-0.2, -0.15) is 0 Å².